The summed E-state index contributed by atoms with van der Waals surface area (Å²) in [5.41, 5.74) is 4.64. The summed E-state index contributed by atoms with van der Waals surface area (Å²) in [4.78, 5) is 42.2. The Morgan fingerprint density at radius 1 is 1.46 bits per heavy atom. The quantitative estimate of drug-likeness (QED) is 0.252. The first-order chi connectivity index (χ1) is 5.91. The van der Waals surface area contributed by atoms with E-state index in [1.165, 1.54) is 6.92 Å². The lowest BCUT2D eigenvalue weighted by Gasteiger charge is -2.11. The Labute approximate surface area is 79.6 Å². The zero-order valence-corrected chi connectivity index (χ0v) is 7.65. The van der Waals surface area contributed by atoms with Crippen LogP contribution in [0, 0.1) is 5.92 Å². The Balaban J connectivity index is 4.51. The molecule has 2 N–H and O–H groups in total. The number of carbonyl (C=O) groups excluding carboxylic acids is 4. The molecule has 0 radical (unpaired) electrons. The average Bonchev–Trinajstić information content (AvgIpc) is 2.12. The minimum atomic E-state index is -1.28. The number of thiol groups is 1. The number of Topliss-reactive ketones (excluding diaryl/α,β-unsaturated/α-hetero) is 1. The van der Waals surface area contributed by atoms with Gasteiger partial charge in [0, 0.05) is 0 Å². The molecular formula is C6H8N2O4S. The Hall–Kier alpha value is -1.37. The number of rotatable bonds is 4. The van der Waals surface area contributed by atoms with E-state index in [9.17, 15) is 19.2 Å². The third kappa shape index (κ3) is 2.86. The number of hydrogen-bond donors (Lipinski definition) is 2. The van der Waals surface area contributed by atoms with Crippen LogP contribution in [0.3, 0.4) is 0 Å². The van der Waals surface area contributed by atoms with Gasteiger partial charge in [-0.2, -0.15) is 0 Å². The van der Waals surface area contributed by atoms with Gasteiger partial charge in [0.1, 0.15) is 5.92 Å². The maximum absolute atomic E-state index is 11.0. The molecule has 0 aliphatic rings. The molecule has 13 heavy (non-hydrogen) atoms. The van der Waals surface area contributed by atoms with Gasteiger partial charge in [0.2, 0.25) is 18.1 Å². The molecule has 6 nitrogen and oxygen atoms in total. The molecule has 7 heteroatoms. The number of nitrogens with zero attached hydrogens (tertiary/aromatic N) is 1. The van der Waals surface area contributed by atoms with Crippen molar-refractivity contribution in [2.75, 3.05) is 0 Å². The summed E-state index contributed by atoms with van der Waals surface area (Å²) in [6.45, 7) is 1.17. The van der Waals surface area contributed by atoms with E-state index in [1.807, 2.05) is 0 Å². The van der Waals surface area contributed by atoms with E-state index in [1.54, 1.807) is 0 Å². The largest absolute Gasteiger partial charge is 0.363 e. The molecule has 1 unspecified atom stereocenters. The van der Waals surface area contributed by atoms with Gasteiger partial charge in [-0.05, 0) is 6.92 Å². The van der Waals surface area contributed by atoms with Gasteiger partial charge >= 0.3 is 0 Å². The van der Waals surface area contributed by atoms with E-state index in [0.29, 0.717) is 4.31 Å². The maximum Gasteiger partial charge on any atom is 0.285 e. The average molecular weight is 204 g/mol. The molecule has 0 bridgehead atoms. The van der Waals surface area contributed by atoms with E-state index < -0.39 is 23.5 Å². The van der Waals surface area contributed by atoms with Crippen LogP contribution in [0.4, 0.5) is 0 Å². The minimum Gasteiger partial charge on any atom is -0.363 e. The van der Waals surface area contributed by atoms with Gasteiger partial charge < -0.3 is 5.73 Å². The second-order valence-electron chi connectivity index (χ2n) is 2.24. The van der Waals surface area contributed by atoms with Crippen LogP contribution in [0.15, 0.2) is 0 Å². The fourth-order valence-corrected chi connectivity index (χ4v) is 0.749. The van der Waals surface area contributed by atoms with Crippen LogP contribution >= 0.6 is 12.8 Å². The second-order valence-corrected chi connectivity index (χ2v) is 2.67. The topological polar surface area (TPSA) is 97.5 Å². The summed E-state index contributed by atoms with van der Waals surface area (Å²) < 4.78 is 0.380. The lowest BCUT2D eigenvalue weighted by atomic mass is 10.1. The van der Waals surface area contributed by atoms with E-state index in [2.05, 4.69) is 18.5 Å². The van der Waals surface area contributed by atoms with E-state index in [0.717, 1.165) is 0 Å². The van der Waals surface area contributed by atoms with Crippen LogP contribution in [0.5, 0.6) is 0 Å². The number of hydrogen-bond acceptors (Lipinski definition) is 5. The fraction of sp³-hybridized carbons (Fsp3) is 0.333. The van der Waals surface area contributed by atoms with E-state index in [4.69, 9.17) is 0 Å². The predicted molar refractivity (Wildman–Crippen MR) is 45.3 cm³/mol. The normalized spacial score (nSPS) is 11.5. The molecule has 1 atom stereocenters. The van der Waals surface area contributed by atoms with Crippen molar-refractivity contribution in [3.8, 4) is 0 Å². The van der Waals surface area contributed by atoms with Gasteiger partial charge in [0.25, 0.3) is 5.91 Å². The first kappa shape index (κ1) is 11.6. The van der Waals surface area contributed by atoms with Crippen molar-refractivity contribution in [3.05, 3.63) is 0 Å². The van der Waals surface area contributed by atoms with Crippen molar-refractivity contribution in [1.82, 2.24) is 4.31 Å². The van der Waals surface area contributed by atoms with Crippen molar-refractivity contribution in [1.29, 1.82) is 0 Å². The molecule has 0 fully saturated rings. The second kappa shape index (κ2) is 4.61. The highest BCUT2D eigenvalue weighted by molar-refractivity contribution is 7.78. The first-order valence-corrected chi connectivity index (χ1v) is 3.62. The van der Waals surface area contributed by atoms with Crippen LogP contribution in [0.25, 0.3) is 0 Å². The Kier molecular flexibility index (Phi) is 4.12. The third-order valence-corrected chi connectivity index (χ3v) is 1.62. The van der Waals surface area contributed by atoms with Crippen molar-refractivity contribution in [2.24, 2.45) is 11.7 Å². The summed E-state index contributed by atoms with van der Waals surface area (Å²) in [6, 6.07) is 0. The fourth-order valence-electron chi connectivity index (χ4n) is 0.576. The van der Waals surface area contributed by atoms with Gasteiger partial charge in [-0.25, -0.2) is 4.31 Å². The smallest absolute Gasteiger partial charge is 0.285 e. The standard InChI is InChI=1S/C6H8N2O4S/c1-3(4(10)5(7)11)6(12)8(13)2-9/h2-3,13H,1H3,(H2,7,11). The van der Waals surface area contributed by atoms with Gasteiger partial charge in [-0.1, -0.05) is 12.8 Å². The number of carbonyl (C=O) groups is 4. The predicted octanol–water partition coefficient (Wildman–Crippen LogP) is -1.49. The Bertz CT molecular complexity index is 265. The number of amides is 3. The molecule has 0 aliphatic carbocycles. The molecule has 3 amide bonds. The molecular weight excluding hydrogens is 196 g/mol. The number of imide groups is 1. The molecule has 0 spiro atoms. The third-order valence-electron chi connectivity index (χ3n) is 1.33. The van der Waals surface area contributed by atoms with Crippen LogP contribution in [-0.2, 0) is 19.2 Å². The molecule has 0 saturated carbocycles. The van der Waals surface area contributed by atoms with Crippen LogP contribution in [-0.4, -0.2) is 28.3 Å². The molecule has 0 aromatic rings. The zero-order valence-electron chi connectivity index (χ0n) is 6.76. The van der Waals surface area contributed by atoms with Crippen LogP contribution < -0.4 is 5.73 Å². The van der Waals surface area contributed by atoms with E-state index >= 15 is 0 Å². The maximum atomic E-state index is 11.0. The molecule has 0 aliphatic heterocycles. The summed E-state index contributed by atoms with van der Waals surface area (Å²) >= 11 is 3.44. The molecule has 0 heterocycles. The summed E-state index contributed by atoms with van der Waals surface area (Å²) in [5.74, 6) is -4.43. The number of primary amides is 1. The van der Waals surface area contributed by atoms with Gasteiger partial charge in [0.05, 0.1) is 0 Å². The molecule has 0 aromatic heterocycles. The minimum absolute atomic E-state index is 0.121. The van der Waals surface area contributed by atoms with Crippen LogP contribution in [0.1, 0.15) is 6.92 Å². The van der Waals surface area contributed by atoms with Crippen molar-refractivity contribution >= 4 is 36.8 Å². The van der Waals surface area contributed by atoms with Crippen LogP contribution in [0.2, 0.25) is 0 Å². The van der Waals surface area contributed by atoms with Gasteiger partial charge in [0.15, 0.2) is 0 Å². The molecule has 0 saturated heterocycles. The highest BCUT2D eigenvalue weighted by Crippen LogP contribution is 2.03. The number of nitrogens with two attached hydrogens (primary N) is 1. The number of ketones is 1. The molecule has 72 valence electrons. The molecule has 0 aromatic carbocycles. The lowest BCUT2D eigenvalue weighted by Crippen LogP contribution is -2.37. The van der Waals surface area contributed by atoms with Crippen molar-refractivity contribution in [2.45, 2.75) is 6.92 Å². The molecule has 0 rings (SSSR count). The summed E-state index contributed by atoms with van der Waals surface area (Å²) in [7, 11) is 0. The first-order valence-electron chi connectivity index (χ1n) is 3.22. The lowest BCUT2D eigenvalue weighted by molar-refractivity contribution is -0.144. The van der Waals surface area contributed by atoms with Gasteiger partial charge in [-0.15, -0.1) is 0 Å². The van der Waals surface area contributed by atoms with E-state index in [-0.39, 0.29) is 6.41 Å². The Morgan fingerprint density at radius 3 is 2.23 bits per heavy atom. The summed E-state index contributed by atoms with van der Waals surface area (Å²) in [6.07, 6.45) is 0.121. The van der Waals surface area contributed by atoms with Gasteiger partial charge in [-0.3, -0.25) is 19.2 Å². The van der Waals surface area contributed by atoms with Crippen molar-refractivity contribution < 1.29 is 19.2 Å². The SMILES string of the molecule is CC(C(=O)C(N)=O)C(=O)N(S)C=O. The Morgan fingerprint density at radius 2 is 1.92 bits per heavy atom. The zero-order chi connectivity index (χ0) is 10.6. The highest BCUT2D eigenvalue weighted by atomic mass is 32.1. The van der Waals surface area contributed by atoms with Crippen molar-refractivity contribution in [3.63, 3.8) is 0 Å². The summed E-state index contributed by atoms with van der Waals surface area (Å²) in [5, 5.41) is 0. The monoisotopic (exact) mass is 204 g/mol. The highest BCUT2D eigenvalue weighted by Gasteiger charge is 2.28.